The lowest BCUT2D eigenvalue weighted by Gasteiger charge is -2.15. The number of nitro groups is 1. The highest BCUT2D eigenvalue weighted by atomic mass is 19.4. The first kappa shape index (κ1) is 14.7. The predicted molar refractivity (Wildman–Crippen MR) is 59.0 cm³/mol. The largest absolute Gasteiger partial charge is 0.423 e. The Hall–Kier alpha value is -2.72. The molecule has 0 spiro atoms. The number of carbonyl (C=O) groups excluding carboxylic acids is 2. The van der Waals surface area contributed by atoms with Gasteiger partial charge in [-0.3, -0.25) is 20.2 Å². The van der Waals surface area contributed by atoms with Crippen molar-refractivity contribution in [3.63, 3.8) is 0 Å². The normalized spacial score (nSPS) is 18.9. The van der Waals surface area contributed by atoms with Crippen LogP contribution in [0.5, 0.6) is 0 Å². The molecular weight excluding hydrogens is 302 g/mol. The molecule has 1 aromatic rings. The minimum Gasteiger partial charge on any atom is -0.299 e. The third-order valence-corrected chi connectivity index (χ3v) is 2.63. The number of rotatable bonds is 2. The van der Waals surface area contributed by atoms with Gasteiger partial charge in [0.1, 0.15) is 11.3 Å². The molecule has 0 aliphatic carbocycles. The van der Waals surface area contributed by atoms with Gasteiger partial charge in [0.2, 0.25) is 0 Å². The lowest BCUT2D eigenvalue weighted by Crippen LogP contribution is -2.32. The van der Waals surface area contributed by atoms with Gasteiger partial charge in [0, 0.05) is 0 Å². The van der Waals surface area contributed by atoms with E-state index in [9.17, 15) is 37.3 Å². The summed E-state index contributed by atoms with van der Waals surface area (Å²) in [5, 5.41) is 12.4. The van der Waals surface area contributed by atoms with Crippen LogP contribution in [0.3, 0.4) is 0 Å². The molecule has 0 saturated carbocycles. The zero-order valence-electron chi connectivity index (χ0n) is 9.85. The van der Waals surface area contributed by atoms with Crippen molar-refractivity contribution in [1.82, 2.24) is 5.32 Å². The lowest BCUT2D eigenvalue weighted by atomic mass is 10.1. The zero-order chi connectivity index (χ0) is 15.9. The van der Waals surface area contributed by atoms with Crippen molar-refractivity contribution in [2.45, 2.75) is 12.5 Å². The predicted octanol–water partition coefficient (Wildman–Crippen LogP) is 1.97. The Morgan fingerprint density at radius 3 is 2.33 bits per heavy atom. The molecule has 1 saturated heterocycles. The maximum Gasteiger partial charge on any atom is 0.423 e. The lowest BCUT2D eigenvalue weighted by molar-refractivity contribution is -0.387. The van der Waals surface area contributed by atoms with Gasteiger partial charge in [0.15, 0.2) is 0 Å². The maximum atomic E-state index is 13.1. The van der Waals surface area contributed by atoms with Gasteiger partial charge in [0.25, 0.3) is 12.2 Å². The SMILES string of the molecule is O=C1NC(F)C(=O)N1c1cccc(C(F)(F)F)c1[N+](=O)[O-]. The van der Waals surface area contributed by atoms with Gasteiger partial charge in [-0.2, -0.15) is 13.2 Å². The van der Waals surface area contributed by atoms with Crippen LogP contribution in [0.2, 0.25) is 0 Å². The first-order valence-electron chi connectivity index (χ1n) is 5.27. The number of amides is 3. The quantitative estimate of drug-likeness (QED) is 0.297. The second-order valence-corrected chi connectivity index (χ2v) is 3.91. The van der Waals surface area contributed by atoms with Crippen LogP contribution >= 0.6 is 0 Å². The van der Waals surface area contributed by atoms with Crippen LogP contribution in [0.1, 0.15) is 5.56 Å². The molecule has 1 N–H and O–H groups in total. The molecule has 1 aromatic carbocycles. The van der Waals surface area contributed by atoms with Gasteiger partial charge in [-0.15, -0.1) is 0 Å². The third kappa shape index (κ3) is 2.37. The summed E-state index contributed by atoms with van der Waals surface area (Å²) in [5.41, 5.74) is -4.09. The number of halogens is 4. The smallest absolute Gasteiger partial charge is 0.299 e. The van der Waals surface area contributed by atoms with Crippen LogP contribution in [-0.4, -0.2) is 23.2 Å². The molecule has 1 unspecified atom stereocenters. The van der Waals surface area contributed by atoms with Gasteiger partial charge in [-0.05, 0) is 12.1 Å². The number of carbonyl (C=O) groups is 2. The standard InChI is InChI=1S/C10H5F4N3O4/c11-7-8(18)16(9(19)15-7)5-3-1-2-4(10(12,13)14)6(5)17(20)21/h1-3,7H,(H,15,19). The topological polar surface area (TPSA) is 92.6 Å². The summed E-state index contributed by atoms with van der Waals surface area (Å²) in [6, 6.07) is 0.572. The van der Waals surface area contributed by atoms with Gasteiger partial charge < -0.3 is 0 Å². The van der Waals surface area contributed by atoms with Crippen molar-refractivity contribution in [1.29, 1.82) is 0 Å². The molecule has 0 aromatic heterocycles. The van der Waals surface area contributed by atoms with E-state index in [1.165, 1.54) is 5.32 Å². The summed E-state index contributed by atoms with van der Waals surface area (Å²) in [6.07, 6.45) is -7.54. The third-order valence-electron chi connectivity index (χ3n) is 2.63. The fraction of sp³-hybridized carbons (Fsp3) is 0.200. The van der Waals surface area contributed by atoms with E-state index >= 15 is 0 Å². The molecule has 0 bridgehead atoms. The summed E-state index contributed by atoms with van der Waals surface area (Å²) in [5.74, 6) is -1.53. The number of benzene rings is 1. The first-order chi connectivity index (χ1) is 9.64. The Kier molecular flexibility index (Phi) is 3.27. The molecule has 1 aliphatic heterocycles. The Balaban J connectivity index is 2.68. The van der Waals surface area contributed by atoms with E-state index in [1.807, 2.05) is 0 Å². The van der Waals surface area contributed by atoms with Crippen LogP contribution in [0, 0.1) is 10.1 Å². The Morgan fingerprint density at radius 2 is 1.90 bits per heavy atom. The molecular formula is C10H5F4N3O4. The van der Waals surface area contributed by atoms with Crippen molar-refractivity contribution in [2.24, 2.45) is 0 Å². The van der Waals surface area contributed by atoms with Crippen LogP contribution in [0.15, 0.2) is 18.2 Å². The van der Waals surface area contributed by atoms with E-state index < -0.39 is 46.3 Å². The monoisotopic (exact) mass is 307 g/mol. The average molecular weight is 307 g/mol. The Bertz CT molecular complexity index is 646. The second kappa shape index (κ2) is 4.68. The van der Waals surface area contributed by atoms with E-state index in [0.717, 1.165) is 12.1 Å². The van der Waals surface area contributed by atoms with Crippen molar-refractivity contribution < 1.29 is 32.1 Å². The van der Waals surface area contributed by atoms with Crippen LogP contribution < -0.4 is 10.2 Å². The average Bonchev–Trinajstić information content (AvgIpc) is 2.61. The molecule has 1 fully saturated rings. The van der Waals surface area contributed by atoms with E-state index in [0.29, 0.717) is 6.07 Å². The van der Waals surface area contributed by atoms with Gasteiger partial charge in [0.05, 0.1) is 4.92 Å². The van der Waals surface area contributed by atoms with E-state index in [-0.39, 0.29) is 4.90 Å². The van der Waals surface area contributed by atoms with Gasteiger partial charge >= 0.3 is 17.9 Å². The molecule has 0 radical (unpaired) electrons. The number of para-hydroxylation sites is 1. The highest BCUT2D eigenvalue weighted by Crippen LogP contribution is 2.42. The van der Waals surface area contributed by atoms with Crippen molar-refractivity contribution >= 4 is 23.3 Å². The molecule has 1 atom stereocenters. The highest BCUT2D eigenvalue weighted by Gasteiger charge is 2.46. The summed E-state index contributed by atoms with van der Waals surface area (Å²) in [4.78, 5) is 32.3. The molecule has 2 rings (SSSR count). The van der Waals surface area contributed by atoms with E-state index in [1.54, 1.807) is 0 Å². The first-order valence-corrected chi connectivity index (χ1v) is 5.27. The van der Waals surface area contributed by atoms with Gasteiger partial charge in [-0.25, -0.2) is 14.1 Å². The summed E-state index contributed by atoms with van der Waals surface area (Å²) < 4.78 is 51.3. The fourth-order valence-electron chi connectivity index (χ4n) is 1.81. The van der Waals surface area contributed by atoms with Crippen LogP contribution in [0.25, 0.3) is 0 Å². The number of hydrogen-bond acceptors (Lipinski definition) is 4. The van der Waals surface area contributed by atoms with Crippen LogP contribution in [0.4, 0.5) is 33.7 Å². The van der Waals surface area contributed by atoms with Gasteiger partial charge in [-0.1, -0.05) is 6.07 Å². The summed E-state index contributed by atoms with van der Waals surface area (Å²) in [7, 11) is 0. The summed E-state index contributed by atoms with van der Waals surface area (Å²) in [6.45, 7) is 0. The number of urea groups is 1. The number of imide groups is 1. The van der Waals surface area contributed by atoms with E-state index in [4.69, 9.17) is 0 Å². The number of hydrogen-bond donors (Lipinski definition) is 1. The molecule has 7 nitrogen and oxygen atoms in total. The van der Waals surface area contributed by atoms with Crippen molar-refractivity contribution in [3.8, 4) is 0 Å². The van der Waals surface area contributed by atoms with E-state index in [2.05, 4.69) is 0 Å². The number of nitro benzene ring substituents is 1. The maximum absolute atomic E-state index is 13.1. The number of anilines is 1. The molecule has 1 heterocycles. The second-order valence-electron chi connectivity index (χ2n) is 3.91. The Labute approximate surface area is 113 Å². The summed E-state index contributed by atoms with van der Waals surface area (Å²) >= 11 is 0. The fourth-order valence-corrected chi connectivity index (χ4v) is 1.81. The zero-order valence-corrected chi connectivity index (χ0v) is 9.85. The van der Waals surface area contributed by atoms with Crippen molar-refractivity contribution in [2.75, 3.05) is 4.90 Å². The number of nitrogens with zero attached hydrogens (tertiary/aromatic N) is 2. The molecule has 21 heavy (non-hydrogen) atoms. The number of alkyl halides is 4. The highest BCUT2D eigenvalue weighted by molar-refractivity contribution is 6.21. The minimum atomic E-state index is -5.08. The molecule has 1 aliphatic rings. The number of nitrogens with one attached hydrogen (secondary N) is 1. The molecule has 3 amide bonds. The molecule has 112 valence electrons. The van der Waals surface area contributed by atoms with Crippen LogP contribution in [-0.2, 0) is 11.0 Å². The van der Waals surface area contributed by atoms with Crippen molar-refractivity contribution in [3.05, 3.63) is 33.9 Å². The minimum absolute atomic E-state index is 0.0297. The molecule has 11 heteroatoms. The Morgan fingerprint density at radius 1 is 1.29 bits per heavy atom.